The van der Waals surface area contributed by atoms with Crippen LogP contribution in [-0.4, -0.2) is 45.0 Å². The first-order chi connectivity index (χ1) is 10.4. The number of carboxylic acids is 1. The summed E-state index contributed by atoms with van der Waals surface area (Å²) in [6, 6.07) is 0. The molecule has 1 aliphatic carbocycles. The molecule has 0 saturated heterocycles. The second-order valence-electron chi connectivity index (χ2n) is 5.52. The Hall–Kier alpha value is -1.93. The molecule has 0 bridgehead atoms. The average Bonchev–Trinajstić information content (AvgIpc) is 2.97. The van der Waals surface area contributed by atoms with Crippen LogP contribution in [0.2, 0.25) is 0 Å². The molecule has 22 heavy (non-hydrogen) atoms. The zero-order valence-electron chi connectivity index (χ0n) is 12.6. The molecule has 1 heterocycles. The predicted molar refractivity (Wildman–Crippen MR) is 80.0 cm³/mol. The van der Waals surface area contributed by atoms with Crippen LogP contribution in [0, 0.1) is 0 Å². The summed E-state index contributed by atoms with van der Waals surface area (Å²) in [5.74, 6) is -2.93. The lowest BCUT2D eigenvalue weighted by Gasteiger charge is -2.10. The first-order valence-corrected chi connectivity index (χ1v) is 7.96. The number of aryl methyl sites for hydroxylation is 1. The van der Waals surface area contributed by atoms with Crippen LogP contribution < -0.4 is 20.6 Å². The largest absolute Gasteiger partial charge is 0.545 e. The number of thiophene rings is 1. The molecule has 0 aliphatic heterocycles. The van der Waals surface area contributed by atoms with Crippen LogP contribution in [0.4, 0.5) is 5.00 Å². The van der Waals surface area contributed by atoms with Gasteiger partial charge in [0.15, 0.2) is 0 Å². The van der Waals surface area contributed by atoms with Crippen molar-refractivity contribution in [2.45, 2.75) is 19.3 Å². The molecule has 1 aromatic rings. The van der Waals surface area contributed by atoms with Crippen LogP contribution in [0.15, 0.2) is 0 Å². The van der Waals surface area contributed by atoms with E-state index in [0.717, 1.165) is 28.2 Å². The topological polar surface area (TPSA) is 103 Å². The van der Waals surface area contributed by atoms with Gasteiger partial charge in [0.1, 0.15) is 5.00 Å². The predicted octanol–water partition coefficient (Wildman–Crippen LogP) is -2.20. The number of carboxylic acid groups (broad SMARTS) is 1. The van der Waals surface area contributed by atoms with E-state index in [1.165, 1.54) is 11.3 Å². The minimum Gasteiger partial charge on any atom is -0.545 e. The summed E-state index contributed by atoms with van der Waals surface area (Å²) in [5, 5.41) is 16.4. The first kappa shape index (κ1) is 16.4. The van der Waals surface area contributed by atoms with Gasteiger partial charge in [0, 0.05) is 10.4 Å². The molecular formula is C14H19N3O4S. The fourth-order valence-electron chi connectivity index (χ4n) is 2.37. The summed E-state index contributed by atoms with van der Waals surface area (Å²) in [6.45, 7) is 1.07. The van der Waals surface area contributed by atoms with E-state index in [-0.39, 0.29) is 10.6 Å². The van der Waals surface area contributed by atoms with Crippen molar-refractivity contribution < 1.29 is 24.4 Å². The Kier molecular flexibility index (Phi) is 5.15. The number of likely N-dealkylation sites (N-methyl/N-ethyl adjacent to an activating group) is 1. The summed E-state index contributed by atoms with van der Waals surface area (Å²) >= 11 is 1.21. The molecule has 1 aromatic heterocycles. The molecule has 2 rings (SSSR count). The first-order valence-electron chi connectivity index (χ1n) is 7.14. The molecule has 2 amide bonds. The number of amides is 2. The molecule has 120 valence electrons. The third-order valence-corrected chi connectivity index (χ3v) is 4.68. The van der Waals surface area contributed by atoms with E-state index < -0.39 is 17.8 Å². The monoisotopic (exact) mass is 325 g/mol. The molecule has 0 fully saturated rings. The minimum absolute atomic E-state index is 0.0244. The van der Waals surface area contributed by atoms with E-state index >= 15 is 0 Å². The summed E-state index contributed by atoms with van der Waals surface area (Å²) in [7, 11) is 3.87. The number of nitrogens with one attached hydrogen (secondary N) is 3. The lowest BCUT2D eigenvalue weighted by Crippen LogP contribution is -3.06. The standard InChI is InChI=1S/C14H19N3O4S/c1-17(2)7-6-15-11(18)12(19)16-13-10(14(20)21)8-4-3-5-9(8)22-13/h3-7H2,1-2H3,(H,15,18)(H,16,19)(H,20,21). The maximum Gasteiger partial charge on any atom is 0.314 e. The van der Waals surface area contributed by atoms with Crippen LogP contribution in [0.1, 0.15) is 27.2 Å². The summed E-state index contributed by atoms with van der Waals surface area (Å²) in [6.07, 6.45) is 2.37. The summed E-state index contributed by atoms with van der Waals surface area (Å²) in [5.41, 5.74) is 0.758. The highest BCUT2D eigenvalue weighted by Gasteiger charge is 2.25. The molecule has 8 heteroatoms. The molecule has 0 atom stereocenters. The van der Waals surface area contributed by atoms with Gasteiger partial charge in [-0.1, -0.05) is 0 Å². The van der Waals surface area contributed by atoms with Gasteiger partial charge in [-0.15, -0.1) is 11.3 Å². The highest BCUT2D eigenvalue weighted by Crippen LogP contribution is 2.38. The third-order valence-electron chi connectivity index (χ3n) is 3.47. The number of carbonyl (C=O) groups excluding carboxylic acids is 3. The number of fused-ring (bicyclic) bond motifs is 1. The summed E-state index contributed by atoms with van der Waals surface area (Å²) < 4.78 is 0. The van der Waals surface area contributed by atoms with Crippen molar-refractivity contribution >= 4 is 34.1 Å². The second kappa shape index (κ2) is 6.89. The molecule has 0 aromatic carbocycles. The van der Waals surface area contributed by atoms with E-state index in [0.29, 0.717) is 19.5 Å². The molecule has 0 unspecified atom stereocenters. The highest BCUT2D eigenvalue weighted by molar-refractivity contribution is 7.17. The molecule has 1 aliphatic rings. The van der Waals surface area contributed by atoms with Crippen molar-refractivity contribution in [2.75, 3.05) is 32.5 Å². The van der Waals surface area contributed by atoms with Crippen molar-refractivity contribution in [3.63, 3.8) is 0 Å². The number of anilines is 1. The van der Waals surface area contributed by atoms with Gasteiger partial charge in [-0.05, 0) is 24.8 Å². The number of hydrogen-bond acceptors (Lipinski definition) is 5. The maximum absolute atomic E-state index is 11.9. The second-order valence-corrected chi connectivity index (χ2v) is 6.62. The van der Waals surface area contributed by atoms with Crippen molar-refractivity contribution in [1.29, 1.82) is 0 Å². The fourth-order valence-corrected chi connectivity index (χ4v) is 3.65. The zero-order chi connectivity index (χ0) is 16.3. The van der Waals surface area contributed by atoms with Gasteiger partial charge >= 0.3 is 11.8 Å². The molecule has 7 nitrogen and oxygen atoms in total. The number of aromatic carboxylic acids is 1. The average molecular weight is 325 g/mol. The minimum atomic E-state index is -1.31. The molecular weight excluding hydrogens is 306 g/mol. The van der Waals surface area contributed by atoms with Crippen LogP contribution >= 0.6 is 11.3 Å². The number of quaternary nitrogens is 1. The van der Waals surface area contributed by atoms with Crippen LogP contribution in [0.25, 0.3) is 0 Å². The number of carbonyl (C=O) groups is 3. The normalized spacial score (nSPS) is 13.0. The Morgan fingerprint density at radius 3 is 2.59 bits per heavy atom. The Labute approximate surface area is 132 Å². The van der Waals surface area contributed by atoms with E-state index in [1.807, 2.05) is 14.1 Å². The van der Waals surface area contributed by atoms with E-state index in [2.05, 4.69) is 10.6 Å². The zero-order valence-corrected chi connectivity index (χ0v) is 13.4. The molecule has 3 N–H and O–H groups in total. The van der Waals surface area contributed by atoms with Crippen LogP contribution in [0.5, 0.6) is 0 Å². The van der Waals surface area contributed by atoms with Crippen LogP contribution in [-0.2, 0) is 22.4 Å². The Morgan fingerprint density at radius 1 is 1.23 bits per heavy atom. The molecule has 0 spiro atoms. The van der Waals surface area contributed by atoms with Gasteiger partial charge in [-0.25, -0.2) is 0 Å². The number of rotatable bonds is 5. The van der Waals surface area contributed by atoms with Crippen molar-refractivity contribution in [1.82, 2.24) is 5.32 Å². The Bertz CT molecular complexity index is 609. The Balaban J connectivity index is 2.03. The smallest absolute Gasteiger partial charge is 0.314 e. The quantitative estimate of drug-likeness (QED) is 0.535. The van der Waals surface area contributed by atoms with Gasteiger partial charge in [-0.3, -0.25) is 9.59 Å². The number of hydrogen-bond donors (Lipinski definition) is 3. The van der Waals surface area contributed by atoms with E-state index in [1.54, 1.807) is 0 Å². The molecule has 0 radical (unpaired) electrons. The van der Waals surface area contributed by atoms with E-state index in [9.17, 15) is 19.5 Å². The summed E-state index contributed by atoms with van der Waals surface area (Å²) in [4.78, 5) is 36.9. The van der Waals surface area contributed by atoms with Gasteiger partial charge in [0.25, 0.3) is 0 Å². The lowest BCUT2D eigenvalue weighted by molar-refractivity contribution is -0.856. The van der Waals surface area contributed by atoms with Crippen molar-refractivity contribution in [3.05, 3.63) is 16.0 Å². The van der Waals surface area contributed by atoms with E-state index in [4.69, 9.17) is 0 Å². The van der Waals surface area contributed by atoms with Gasteiger partial charge in [-0.2, -0.15) is 0 Å². The fraction of sp³-hybridized carbons (Fsp3) is 0.500. The maximum atomic E-state index is 11.9. The van der Waals surface area contributed by atoms with Gasteiger partial charge in [0.05, 0.1) is 33.2 Å². The van der Waals surface area contributed by atoms with Crippen LogP contribution in [0.3, 0.4) is 0 Å². The molecule has 0 saturated carbocycles. The van der Waals surface area contributed by atoms with Crippen molar-refractivity contribution in [2.24, 2.45) is 0 Å². The lowest BCUT2D eigenvalue weighted by atomic mass is 10.1. The SMILES string of the molecule is C[NH+](C)CCNC(=O)C(=O)Nc1sc2c(c1C(=O)[O-])CCC2. The van der Waals surface area contributed by atoms with Gasteiger partial charge < -0.3 is 25.4 Å². The van der Waals surface area contributed by atoms with Gasteiger partial charge in [0.2, 0.25) is 0 Å². The highest BCUT2D eigenvalue weighted by atomic mass is 32.1. The van der Waals surface area contributed by atoms with Crippen molar-refractivity contribution in [3.8, 4) is 0 Å². The Morgan fingerprint density at radius 2 is 1.95 bits per heavy atom. The third kappa shape index (κ3) is 3.63.